The number of amides is 2. The molecule has 1 unspecified atom stereocenters. The van der Waals surface area contributed by atoms with Gasteiger partial charge in [-0.2, -0.15) is 0 Å². The summed E-state index contributed by atoms with van der Waals surface area (Å²) in [5, 5.41) is 17.0. The van der Waals surface area contributed by atoms with E-state index in [1.165, 1.54) is 39.6 Å². The molecule has 1 atom stereocenters. The highest BCUT2D eigenvalue weighted by molar-refractivity contribution is 14.1. The number of nitrogens with one attached hydrogen (secondary N) is 2. The van der Waals surface area contributed by atoms with E-state index in [1.807, 2.05) is 22.6 Å². The number of aliphatic hydroxyl groups excluding tert-OH is 1. The van der Waals surface area contributed by atoms with Crippen molar-refractivity contribution in [2.24, 2.45) is 7.05 Å². The van der Waals surface area contributed by atoms with Crippen LogP contribution in [0.3, 0.4) is 0 Å². The molecular weight excluding hydrogens is 648 g/mol. The molecule has 3 aromatic rings. The second-order valence-electron chi connectivity index (χ2n) is 9.70. The summed E-state index contributed by atoms with van der Waals surface area (Å²) >= 11 is 1.98. The first-order valence-corrected chi connectivity index (χ1v) is 13.9. The predicted molar refractivity (Wildman–Crippen MR) is 158 cm³/mol. The van der Waals surface area contributed by atoms with E-state index in [4.69, 9.17) is 4.74 Å². The van der Waals surface area contributed by atoms with Gasteiger partial charge in [0.15, 0.2) is 0 Å². The quantitative estimate of drug-likeness (QED) is 0.205. The minimum Gasteiger partial charge on any atom is -0.459 e. The van der Waals surface area contributed by atoms with Gasteiger partial charge in [-0.3, -0.25) is 28.8 Å². The lowest BCUT2D eigenvalue weighted by Crippen LogP contribution is -2.55. The number of aromatic nitrogens is 1. The third-order valence-electron chi connectivity index (χ3n) is 6.93. The molecule has 2 heterocycles. The van der Waals surface area contributed by atoms with E-state index >= 15 is 0 Å². The Morgan fingerprint density at radius 3 is 2.56 bits per heavy atom. The summed E-state index contributed by atoms with van der Waals surface area (Å²) in [7, 11) is 1.48. The maximum atomic E-state index is 14.9. The lowest BCUT2D eigenvalue weighted by Gasteiger charge is -2.44. The van der Waals surface area contributed by atoms with E-state index in [1.54, 1.807) is 38.1 Å². The Morgan fingerprint density at radius 2 is 1.90 bits per heavy atom. The molecule has 41 heavy (non-hydrogen) atoms. The van der Waals surface area contributed by atoms with Gasteiger partial charge < -0.3 is 20.5 Å². The number of anilines is 5. The number of ether oxygens (including phenoxy) is 1. The number of carbonyl (C=O) groups is 3. The fraction of sp³-hybridized carbons (Fsp3) is 0.286. The first-order valence-electron chi connectivity index (χ1n) is 12.9. The standard InChI is InChI=1S/C28H27FIN5O6/c1-4-41-27(39)24(36)31-16-6-5-7-18(13-16)34-22-14(2)25(37)33(3)23(32-20-11-8-15(30)12-19(20)29)21(22)26(38)35(28(34)40)17-9-10-17/h5-8,11-13,17,28,32,40H,4,9-10H2,1-3H3,(H,31,36). The van der Waals surface area contributed by atoms with Crippen molar-refractivity contribution in [3.05, 3.63) is 73.3 Å². The van der Waals surface area contributed by atoms with Crippen LogP contribution in [0.2, 0.25) is 0 Å². The Kier molecular flexibility index (Phi) is 7.74. The minimum absolute atomic E-state index is 0.0325. The van der Waals surface area contributed by atoms with Crippen LogP contribution in [-0.4, -0.2) is 51.4 Å². The monoisotopic (exact) mass is 675 g/mol. The number of nitrogens with zero attached hydrogens (tertiary/aromatic N) is 3. The molecule has 0 spiro atoms. The zero-order chi connectivity index (χ0) is 29.6. The van der Waals surface area contributed by atoms with Crippen LogP contribution in [0.15, 0.2) is 47.3 Å². The zero-order valence-electron chi connectivity index (χ0n) is 22.4. The Balaban J connectivity index is 1.67. The molecule has 0 saturated heterocycles. The summed E-state index contributed by atoms with van der Waals surface area (Å²) in [6.07, 6.45) is -0.117. The number of fused-ring (bicyclic) bond motifs is 1. The Labute approximate surface area is 248 Å². The van der Waals surface area contributed by atoms with E-state index in [9.17, 15) is 28.7 Å². The fourth-order valence-corrected chi connectivity index (χ4v) is 5.30. The third-order valence-corrected chi connectivity index (χ3v) is 7.60. The van der Waals surface area contributed by atoms with Crippen LogP contribution >= 0.6 is 22.6 Å². The number of halogens is 2. The van der Waals surface area contributed by atoms with Gasteiger partial charge in [-0.1, -0.05) is 6.07 Å². The minimum atomic E-state index is -1.48. The second-order valence-corrected chi connectivity index (χ2v) is 10.9. The highest BCUT2D eigenvalue weighted by Crippen LogP contribution is 2.45. The largest absolute Gasteiger partial charge is 0.459 e. The molecule has 214 valence electrons. The van der Waals surface area contributed by atoms with E-state index in [0.29, 0.717) is 22.1 Å². The zero-order valence-corrected chi connectivity index (χ0v) is 24.6. The third kappa shape index (κ3) is 5.26. The van der Waals surface area contributed by atoms with Gasteiger partial charge in [0.05, 0.1) is 18.0 Å². The van der Waals surface area contributed by atoms with Crippen molar-refractivity contribution < 1.29 is 28.6 Å². The van der Waals surface area contributed by atoms with Crippen molar-refractivity contribution in [3.8, 4) is 0 Å². The van der Waals surface area contributed by atoms with Crippen LogP contribution < -0.4 is 21.1 Å². The average Bonchev–Trinajstić information content (AvgIpc) is 3.76. The molecule has 11 nitrogen and oxygen atoms in total. The van der Waals surface area contributed by atoms with Gasteiger partial charge in [0.25, 0.3) is 11.5 Å². The lowest BCUT2D eigenvalue weighted by atomic mass is 10.0. The Morgan fingerprint density at radius 1 is 1.17 bits per heavy atom. The van der Waals surface area contributed by atoms with Gasteiger partial charge in [-0.25, -0.2) is 9.18 Å². The van der Waals surface area contributed by atoms with Gasteiger partial charge >= 0.3 is 11.9 Å². The summed E-state index contributed by atoms with van der Waals surface area (Å²) in [4.78, 5) is 54.3. The SMILES string of the molecule is CCOC(=O)C(=O)Nc1cccc(N2c3c(c(Nc4ccc(I)cc4F)n(C)c(=O)c3C)C(=O)N(C3CC3)C2O)c1. The summed E-state index contributed by atoms with van der Waals surface area (Å²) in [6.45, 7) is 3.16. The predicted octanol–water partition coefficient (Wildman–Crippen LogP) is 3.71. The van der Waals surface area contributed by atoms with Crippen molar-refractivity contribution in [2.75, 3.05) is 22.1 Å². The lowest BCUT2D eigenvalue weighted by molar-refractivity contribution is -0.152. The highest BCUT2D eigenvalue weighted by atomic mass is 127. The van der Waals surface area contributed by atoms with E-state index in [2.05, 4.69) is 10.6 Å². The first kappa shape index (κ1) is 28.5. The van der Waals surface area contributed by atoms with Gasteiger partial charge in [-0.15, -0.1) is 0 Å². The molecule has 5 rings (SSSR count). The van der Waals surface area contributed by atoms with Crippen molar-refractivity contribution >= 4 is 68.9 Å². The fourth-order valence-electron chi connectivity index (χ4n) is 4.85. The summed E-state index contributed by atoms with van der Waals surface area (Å²) in [5.41, 5.74) is 0.573. The molecule has 0 bridgehead atoms. The van der Waals surface area contributed by atoms with Crippen molar-refractivity contribution in [2.45, 2.75) is 39.1 Å². The molecule has 2 aliphatic rings. The van der Waals surface area contributed by atoms with Gasteiger partial charge in [0.2, 0.25) is 6.35 Å². The Bertz CT molecular complexity index is 1640. The molecule has 1 saturated carbocycles. The number of hydrogen-bond acceptors (Lipinski definition) is 8. The molecule has 2 aromatic carbocycles. The summed E-state index contributed by atoms with van der Waals surface area (Å²) in [5.74, 6) is -3.04. The highest BCUT2D eigenvalue weighted by Gasteiger charge is 2.47. The van der Waals surface area contributed by atoms with Crippen LogP contribution in [-0.2, 0) is 21.4 Å². The molecule has 1 aromatic heterocycles. The van der Waals surface area contributed by atoms with Crippen molar-refractivity contribution in [1.82, 2.24) is 9.47 Å². The number of rotatable bonds is 6. The van der Waals surface area contributed by atoms with Crippen LogP contribution in [0.5, 0.6) is 0 Å². The van der Waals surface area contributed by atoms with Crippen LogP contribution in [0.4, 0.5) is 33.0 Å². The van der Waals surface area contributed by atoms with Gasteiger partial charge in [0, 0.05) is 33.6 Å². The number of aliphatic hydroxyl groups is 1. The number of carbonyl (C=O) groups excluding carboxylic acids is 3. The first-order chi connectivity index (χ1) is 19.5. The molecule has 1 fully saturated rings. The van der Waals surface area contributed by atoms with E-state index < -0.39 is 35.5 Å². The summed E-state index contributed by atoms with van der Waals surface area (Å²) in [6, 6.07) is 10.6. The molecule has 13 heteroatoms. The maximum Gasteiger partial charge on any atom is 0.397 e. The topological polar surface area (TPSA) is 133 Å². The van der Waals surface area contributed by atoms with Crippen LogP contribution in [0, 0.1) is 16.3 Å². The molecule has 3 N–H and O–H groups in total. The molecule has 2 amide bonds. The number of esters is 1. The second kappa shape index (κ2) is 11.1. The van der Waals surface area contributed by atoms with Crippen molar-refractivity contribution in [3.63, 3.8) is 0 Å². The smallest absolute Gasteiger partial charge is 0.397 e. The molecule has 0 radical (unpaired) electrons. The van der Waals surface area contributed by atoms with Crippen molar-refractivity contribution in [1.29, 1.82) is 0 Å². The van der Waals surface area contributed by atoms with E-state index in [0.717, 1.165) is 0 Å². The van der Waals surface area contributed by atoms with Crippen LogP contribution in [0.1, 0.15) is 35.7 Å². The van der Waals surface area contributed by atoms with E-state index in [-0.39, 0.29) is 46.7 Å². The van der Waals surface area contributed by atoms with Gasteiger partial charge in [0.1, 0.15) is 17.2 Å². The molecule has 1 aliphatic heterocycles. The average molecular weight is 675 g/mol. The normalized spacial score (nSPS) is 16.3. The number of pyridine rings is 1. The Hall–Kier alpha value is -3.98. The van der Waals surface area contributed by atoms with Gasteiger partial charge in [-0.05, 0) is 85.7 Å². The maximum absolute atomic E-state index is 14.9. The number of benzene rings is 2. The molecular formula is C28H27FIN5O6. The summed E-state index contributed by atoms with van der Waals surface area (Å²) < 4.78 is 21.5. The van der Waals surface area contributed by atoms with Crippen LogP contribution in [0.25, 0.3) is 0 Å². The number of hydrogen-bond donors (Lipinski definition) is 3. The molecule has 1 aliphatic carbocycles.